The number of carbonyl (C=O) groups is 1. The third-order valence-electron chi connectivity index (χ3n) is 3.12. The Morgan fingerprint density at radius 1 is 1.50 bits per heavy atom. The maximum atomic E-state index is 10.8. The van der Waals surface area contributed by atoms with Crippen molar-refractivity contribution in [1.29, 1.82) is 0 Å². The quantitative estimate of drug-likeness (QED) is 0.816. The molecule has 2 rings (SSSR count). The molecule has 0 spiro atoms. The molecule has 1 aromatic rings. The second kappa shape index (κ2) is 3.70. The van der Waals surface area contributed by atoms with E-state index in [9.17, 15) is 9.90 Å². The van der Waals surface area contributed by atoms with Crippen LogP contribution in [0.4, 0.5) is 0 Å². The predicted molar refractivity (Wildman–Crippen MR) is 57.8 cm³/mol. The van der Waals surface area contributed by atoms with Crippen molar-refractivity contribution in [2.75, 3.05) is 7.11 Å². The first kappa shape index (κ1) is 10.8. The van der Waals surface area contributed by atoms with Crippen LogP contribution in [0, 0.1) is 0 Å². The van der Waals surface area contributed by atoms with Crippen LogP contribution in [0.25, 0.3) is 0 Å². The van der Waals surface area contributed by atoms with E-state index in [-0.39, 0.29) is 17.6 Å². The first-order valence-corrected chi connectivity index (χ1v) is 5.17. The maximum Gasteiger partial charge on any atom is 0.304 e. The molecule has 0 aliphatic heterocycles. The number of benzene rings is 1. The van der Waals surface area contributed by atoms with Gasteiger partial charge in [-0.1, -0.05) is 6.07 Å². The average molecular weight is 222 g/mol. The predicted octanol–water partition coefficient (Wildman–Crippen LogP) is 1.91. The molecule has 0 aromatic heterocycles. The lowest BCUT2D eigenvalue weighted by atomic mass is 9.91. The smallest absolute Gasteiger partial charge is 0.304 e. The lowest BCUT2D eigenvalue weighted by molar-refractivity contribution is -0.137. The Morgan fingerprint density at radius 3 is 2.62 bits per heavy atom. The molecule has 4 nitrogen and oxygen atoms in total. The van der Waals surface area contributed by atoms with E-state index in [2.05, 4.69) is 0 Å². The van der Waals surface area contributed by atoms with Gasteiger partial charge in [0.15, 0.2) is 0 Å². The summed E-state index contributed by atoms with van der Waals surface area (Å²) in [7, 11) is 1.53. The van der Waals surface area contributed by atoms with Crippen LogP contribution in [0.5, 0.6) is 11.5 Å². The number of hydrogen-bond acceptors (Lipinski definition) is 3. The largest absolute Gasteiger partial charge is 0.508 e. The minimum absolute atomic E-state index is 0.0763. The third kappa shape index (κ3) is 1.83. The maximum absolute atomic E-state index is 10.8. The molecule has 16 heavy (non-hydrogen) atoms. The number of hydrogen-bond donors (Lipinski definition) is 2. The van der Waals surface area contributed by atoms with Crippen LogP contribution in [-0.2, 0) is 10.2 Å². The molecule has 4 heteroatoms. The number of aliphatic carboxylic acids is 1. The molecule has 2 N–H and O–H groups in total. The zero-order valence-corrected chi connectivity index (χ0v) is 9.06. The van der Waals surface area contributed by atoms with Gasteiger partial charge in [-0.3, -0.25) is 4.79 Å². The second-order valence-corrected chi connectivity index (χ2v) is 4.23. The molecule has 0 radical (unpaired) electrons. The van der Waals surface area contributed by atoms with Crippen LogP contribution in [-0.4, -0.2) is 23.3 Å². The van der Waals surface area contributed by atoms with Gasteiger partial charge in [-0.2, -0.15) is 0 Å². The second-order valence-electron chi connectivity index (χ2n) is 4.23. The van der Waals surface area contributed by atoms with Crippen molar-refractivity contribution in [3.63, 3.8) is 0 Å². The molecule has 0 saturated heterocycles. The Labute approximate surface area is 93.5 Å². The first-order chi connectivity index (χ1) is 7.57. The van der Waals surface area contributed by atoms with E-state index in [4.69, 9.17) is 9.84 Å². The zero-order chi connectivity index (χ0) is 11.8. The number of ether oxygens (including phenoxy) is 1. The highest BCUT2D eigenvalue weighted by atomic mass is 16.5. The molecule has 0 amide bonds. The number of carboxylic acid groups (broad SMARTS) is 1. The number of aromatic hydroxyl groups is 1. The number of phenolic OH excluding ortho intramolecular Hbond substituents is 1. The summed E-state index contributed by atoms with van der Waals surface area (Å²) in [5.74, 6) is -0.127. The number of methoxy groups -OCH3 is 1. The van der Waals surface area contributed by atoms with Crippen molar-refractivity contribution in [2.45, 2.75) is 24.7 Å². The molecule has 86 valence electrons. The van der Waals surface area contributed by atoms with Gasteiger partial charge in [0.05, 0.1) is 13.5 Å². The van der Waals surface area contributed by atoms with Gasteiger partial charge in [0, 0.05) is 17.0 Å². The minimum atomic E-state index is -0.826. The Balaban J connectivity index is 2.30. The normalized spacial score (nSPS) is 16.8. The van der Waals surface area contributed by atoms with E-state index >= 15 is 0 Å². The summed E-state index contributed by atoms with van der Waals surface area (Å²) in [6.07, 6.45) is 1.71. The Bertz CT molecular complexity index is 421. The van der Waals surface area contributed by atoms with E-state index in [0.717, 1.165) is 18.4 Å². The third-order valence-corrected chi connectivity index (χ3v) is 3.12. The van der Waals surface area contributed by atoms with E-state index in [1.165, 1.54) is 13.2 Å². The van der Waals surface area contributed by atoms with Crippen molar-refractivity contribution < 1.29 is 19.7 Å². The molecule has 1 aliphatic carbocycles. The molecule has 1 aromatic carbocycles. The molecule has 0 atom stereocenters. The summed E-state index contributed by atoms with van der Waals surface area (Å²) in [6, 6.07) is 5.03. The molecule has 1 aliphatic rings. The van der Waals surface area contributed by atoms with Crippen LogP contribution < -0.4 is 4.74 Å². The molecule has 1 saturated carbocycles. The Hall–Kier alpha value is -1.71. The van der Waals surface area contributed by atoms with Gasteiger partial charge in [-0.25, -0.2) is 0 Å². The molecule has 0 bridgehead atoms. The average Bonchev–Trinajstić information content (AvgIpc) is 2.97. The fraction of sp³-hybridized carbons (Fsp3) is 0.417. The standard InChI is InChI=1S/C12H14O4/c1-16-8-2-3-9(10(13)6-8)12(4-5-12)7-11(14)15/h2-3,6,13H,4-5,7H2,1H3,(H,14,15). The van der Waals surface area contributed by atoms with Gasteiger partial charge in [-0.05, 0) is 18.9 Å². The first-order valence-electron chi connectivity index (χ1n) is 5.17. The Kier molecular flexibility index (Phi) is 2.50. The summed E-state index contributed by atoms with van der Waals surface area (Å²) in [5, 5.41) is 18.7. The van der Waals surface area contributed by atoms with Gasteiger partial charge < -0.3 is 14.9 Å². The van der Waals surface area contributed by atoms with Crippen molar-refractivity contribution in [3.8, 4) is 11.5 Å². The summed E-state index contributed by atoms with van der Waals surface area (Å²) in [5.41, 5.74) is 0.359. The monoisotopic (exact) mass is 222 g/mol. The van der Waals surface area contributed by atoms with Crippen LogP contribution >= 0.6 is 0 Å². The summed E-state index contributed by atoms with van der Waals surface area (Å²) < 4.78 is 4.99. The summed E-state index contributed by atoms with van der Waals surface area (Å²) >= 11 is 0. The van der Waals surface area contributed by atoms with Gasteiger partial charge in [-0.15, -0.1) is 0 Å². The van der Waals surface area contributed by atoms with E-state index in [0.29, 0.717) is 5.75 Å². The van der Waals surface area contributed by atoms with Crippen molar-refractivity contribution >= 4 is 5.97 Å². The van der Waals surface area contributed by atoms with Gasteiger partial charge in [0.1, 0.15) is 11.5 Å². The number of phenols is 1. The fourth-order valence-corrected chi connectivity index (χ4v) is 2.07. The van der Waals surface area contributed by atoms with Crippen LogP contribution in [0.15, 0.2) is 18.2 Å². The van der Waals surface area contributed by atoms with Crippen molar-refractivity contribution in [1.82, 2.24) is 0 Å². The van der Waals surface area contributed by atoms with E-state index in [1.54, 1.807) is 12.1 Å². The Morgan fingerprint density at radius 2 is 2.19 bits per heavy atom. The summed E-state index contributed by atoms with van der Waals surface area (Å²) in [4.78, 5) is 10.8. The lowest BCUT2D eigenvalue weighted by Gasteiger charge is -2.15. The van der Waals surface area contributed by atoms with Crippen molar-refractivity contribution in [2.24, 2.45) is 0 Å². The highest BCUT2D eigenvalue weighted by Crippen LogP contribution is 2.54. The van der Waals surface area contributed by atoms with Crippen LogP contribution in [0.2, 0.25) is 0 Å². The topological polar surface area (TPSA) is 66.8 Å². The van der Waals surface area contributed by atoms with Gasteiger partial charge in [0.25, 0.3) is 0 Å². The minimum Gasteiger partial charge on any atom is -0.508 e. The lowest BCUT2D eigenvalue weighted by Crippen LogP contribution is -2.13. The van der Waals surface area contributed by atoms with E-state index in [1.807, 2.05) is 0 Å². The van der Waals surface area contributed by atoms with Crippen LogP contribution in [0.1, 0.15) is 24.8 Å². The van der Waals surface area contributed by atoms with E-state index < -0.39 is 5.97 Å². The van der Waals surface area contributed by atoms with Gasteiger partial charge in [0.2, 0.25) is 0 Å². The fourth-order valence-electron chi connectivity index (χ4n) is 2.07. The molecule has 0 heterocycles. The highest BCUT2D eigenvalue weighted by Gasteiger charge is 2.47. The number of rotatable bonds is 4. The number of carboxylic acids is 1. The molecule has 1 fully saturated rings. The van der Waals surface area contributed by atoms with Gasteiger partial charge >= 0.3 is 5.97 Å². The van der Waals surface area contributed by atoms with Crippen molar-refractivity contribution in [3.05, 3.63) is 23.8 Å². The molecular formula is C12H14O4. The molecular weight excluding hydrogens is 208 g/mol. The van der Waals surface area contributed by atoms with Crippen LogP contribution in [0.3, 0.4) is 0 Å². The highest BCUT2D eigenvalue weighted by molar-refractivity contribution is 5.70. The SMILES string of the molecule is COc1ccc(C2(CC(=O)O)CC2)c(O)c1. The molecule has 0 unspecified atom stereocenters. The zero-order valence-electron chi connectivity index (χ0n) is 9.06. The summed E-state index contributed by atoms with van der Waals surface area (Å²) in [6.45, 7) is 0.